The normalized spacial score (nSPS) is 11.2. The van der Waals surface area contributed by atoms with Gasteiger partial charge in [0.25, 0.3) is 0 Å². The van der Waals surface area contributed by atoms with E-state index >= 15 is 0 Å². The first-order chi connectivity index (χ1) is 8.29. The van der Waals surface area contributed by atoms with Gasteiger partial charge < -0.3 is 14.7 Å². The Kier molecular flexibility index (Phi) is 2.23. The summed E-state index contributed by atoms with van der Waals surface area (Å²) in [5.74, 6) is 0.563. The van der Waals surface area contributed by atoms with Gasteiger partial charge in [0.15, 0.2) is 0 Å². The Morgan fingerprint density at radius 2 is 2.18 bits per heavy atom. The monoisotopic (exact) mass is 227 g/mol. The Bertz CT molecular complexity index is 666. The number of hydrogen-bond donors (Lipinski definition) is 1. The molecule has 0 spiro atoms. The fraction of sp³-hybridized carbons (Fsp3) is 0.154. The van der Waals surface area contributed by atoms with Gasteiger partial charge in [-0.2, -0.15) is 0 Å². The Morgan fingerprint density at radius 1 is 1.35 bits per heavy atom. The number of nitrogens with zero attached hydrogens (tertiary/aromatic N) is 2. The molecule has 3 rings (SSSR count). The summed E-state index contributed by atoms with van der Waals surface area (Å²) in [6.07, 6.45) is 3.72. The van der Waals surface area contributed by atoms with Gasteiger partial charge in [0, 0.05) is 29.7 Å². The summed E-state index contributed by atoms with van der Waals surface area (Å²) >= 11 is 0. The van der Waals surface area contributed by atoms with Crippen molar-refractivity contribution in [1.29, 1.82) is 0 Å². The van der Waals surface area contributed by atoms with E-state index in [0.717, 1.165) is 11.3 Å². The fourth-order valence-electron chi connectivity index (χ4n) is 2.07. The highest BCUT2D eigenvalue weighted by molar-refractivity contribution is 5.94. The number of para-hydroxylation sites is 1. The molecule has 0 radical (unpaired) electrons. The Hall–Kier alpha value is -2.07. The molecule has 0 atom stereocenters. The lowest BCUT2D eigenvalue weighted by Gasteiger charge is -1.93. The summed E-state index contributed by atoms with van der Waals surface area (Å²) in [6, 6.07) is 8.22. The molecule has 2 N–H and O–H groups in total. The zero-order chi connectivity index (χ0) is 11.8. The highest BCUT2D eigenvalue weighted by Crippen LogP contribution is 2.29. The number of rotatable bonds is 2. The van der Waals surface area contributed by atoms with Crippen molar-refractivity contribution in [2.75, 3.05) is 0 Å². The molecular formula is C13H13N3O. The predicted octanol–water partition coefficient (Wildman–Crippen LogP) is 2.29. The van der Waals surface area contributed by atoms with E-state index in [4.69, 9.17) is 10.2 Å². The molecule has 4 nitrogen and oxygen atoms in total. The van der Waals surface area contributed by atoms with Crippen LogP contribution in [0.4, 0.5) is 0 Å². The highest BCUT2D eigenvalue weighted by Gasteiger charge is 2.11. The molecule has 3 aromatic rings. The average molecular weight is 227 g/mol. The van der Waals surface area contributed by atoms with Crippen molar-refractivity contribution in [1.82, 2.24) is 9.55 Å². The molecule has 0 unspecified atom stereocenters. The van der Waals surface area contributed by atoms with Crippen LogP contribution in [0.1, 0.15) is 5.89 Å². The predicted molar refractivity (Wildman–Crippen MR) is 66.3 cm³/mol. The van der Waals surface area contributed by atoms with Gasteiger partial charge in [-0.1, -0.05) is 18.2 Å². The number of hydrogen-bond acceptors (Lipinski definition) is 3. The standard InChI is InChI=1S/C13H13N3O/c1-16-7-10(9-4-2-3-5-12(9)16)11-8-17-13(6-14)15-11/h2-5,7-8H,6,14H2,1H3. The molecule has 0 amide bonds. The smallest absolute Gasteiger partial charge is 0.208 e. The highest BCUT2D eigenvalue weighted by atomic mass is 16.3. The van der Waals surface area contributed by atoms with Gasteiger partial charge in [0.2, 0.25) is 5.89 Å². The van der Waals surface area contributed by atoms with E-state index in [9.17, 15) is 0 Å². The maximum atomic E-state index is 5.50. The first-order valence-electron chi connectivity index (χ1n) is 5.48. The summed E-state index contributed by atoms with van der Waals surface area (Å²) in [5.41, 5.74) is 8.59. The first-order valence-corrected chi connectivity index (χ1v) is 5.48. The number of nitrogens with two attached hydrogens (primary N) is 1. The van der Waals surface area contributed by atoms with Crippen LogP contribution >= 0.6 is 0 Å². The minimum atomic E-state index is 0.324. The van der Waals surface area contributed by atoms with E-state index in [1.807, 2.05) is 19.2 Å². The number of oxazole rings is 1. The lowest BCUT2D eigenvalue weighted by atomic mass is 10.1. The van der Waals surface area contributed by atoms with E-state index < -0.39 is 0 Å². The molecule has 0 fully saturated rings. The molecule has 17 heavy (non-hydrogen) atoms. The van der Waals surface area contributed by atoms with Crippen LogP contribution in [-0.4, -0.2) is 9.55 Å². The van der Waals surface area contributed by atoms with Crippen LogP contribution in [-0.2, 0) is 13.6 Å². The van der Waals surface area contributed by atoms with E-state index in [1.165, 1.54) is 10.9 Å². The van der Waals surface area contributed by atoms with E-state index in [2.05, 4.69) is 27.9 Å². The van der Waals surface area contributed by atoms with Crippen LogP contribution < -0.4 is 5.73 Å². The van der Waals surface area contributed by atoms with Gasteiger partial charge in [0.1, 0.15) is 12.0 Å². The van der Waals surface area contributed by atoms with Crippen LogP contribution in [0.2, 0.25) is 0 Å². The first kappa shape index (κ1) is 10.1. The Balaban J connectivity index is 2.23. The number of aromatic nitrogens is 2. The van der Waals surface area contributed by atoms with E-state index in [-0.39, 0.29) is 0 Å². The minimum Gasteiger partial charge on any atom is -0.447 e. The van der Waals surface area contributed by atoms with E-state index in [1.54, 1.807) is 6.26 Å². The van der Waals surface area contributed by atoms with Crippen LogP contribution in [0.3, 0.4) is 0 Å². The van der Waals surface area contributed by atoms with Crippen LogP contribution in [0.25, 0.3) is 22.2 Å². The second kappa shape index (κ2) is 3.75. The molecule has 1 aromatic carbocycles. The third-order valence-corrected chi connectivity index (χ3v) is 2.90. The molecule has 2 aromatic heterocycles. The van der Waals surface area contributed by atoms with Crippen molar-refractivity contribution in [2.45, 2.75) is 6.54 Å². The maximum absolute atomic E-state index is 5.50. The number of aryl methyl sites for hydroxylation is 1. The molecule has 2 heterocycles. The van der Waals surface area contributed by atoms with Crippen LogP contribution in [0.15, 0.2) is 41.1 Å². The SMILES string of the molecule is Cn1cc(-c2coc(CN)n2)c2ccccc21. The third kappa shape index (κ3) is 1.54. The summed E-state index contributed by atoms with van der Waals surface area (Å²) < 4.78 is 7.37. The fourth-order valence-corrected chi connectivity index (χ4v) is 2.07. The van der Waals surface area contributed by atoms with Crippen LogP contribution in [0.5, 0.6) is 0 Å². The molecule has 0 aliphatic carbocycles. The summed E-state index contributed by atoms with van der Waals surface area (Å²) in [4.78, 5) is 4.36. The molecular weight excluding hydrogens is 214 g/mol. The second-order valence-corrected chi connectivity index (χ2v) is 4.00. The van der Waals surface area contributed by atoms with Gasteiger partial charge >= 0.3 is 0 Å². The lowest BCUT2D eigenvalue weighted by molar-refractivity contribution is 0.498. The largest absolute Gasteiger partial charge is 0.447 e. The minimum absolute atomic E-state index is 0.324. The van der Waals surface area contributed by atoms with Crippen molar-refractivity contribution in [3.63, 3.8) is 0 Å². The summed E-state index contributed by atoms with van der Waals surface area (Å²) in [7, 11) is 2.02. The molecule has 0 saturated carbocycles. The Labute approximate surface area is 98.7 Å². The van der Waals surface area contributed by atoms with Gasteiger partial charge in [-0.05, 0) is 6.07 Å². The molecule has 4 heteroatoms. The van der Waals surface area contributed by atoms with Crippen molar-refractivity contribution in [2.24, 2.45) is 12.8 Å². The van der Waals surface area contributed by atoms with E-state index in [0.29, 0.717) is 12.4 Å². The molecule has 0 aliphatic rings. The lowest BCUT2D eigenvalue weighted by Crippen LogP contribution is -1.95. The topological polar surface area (TPSA) is 57.0 Å². The molecule has 0 bridgehead atoms. The molecule has 0 aliphatic heterocycles. The summed E-state index contributed by atoms with van der Waals surface area (Å²) in [6.45, 7) is 0.324. The zero-order valence-electron chi connectivity index (χ0n) is 9.55. The van der Waals surface area contributed by atoms with Crippen LogP contribution in [0, 0.1) is 0 Å². The average Bonchev–Trinajstić information content (AvgIpc) is 2.95. The van der Waals surface area contributed by atoms with Gasteiger partial charge in [0.05, 0.1) is 6.54 Å². The molecule has 86 valence electrons. The summed E-state index contributed by atoms with van der Waals surface area (Å²) in [5, 5.41) is 1.17. The zero-order valence-corrected chi connectivity index (χ0v) is 9.55. The second-order valence-electron chi connectivity index (χ2n) is 4.00. The van der Waals surface area contributed by atoms with Crippen molar-refractivity contribution >= 4 is 10.9 Å². The molecule has 0 saturated heterocycles. The number of fused-ring (bicyclic) bond motifs is 1. The van der Waals surface area contributed by atoms with Crippen molar-refractivity contribution in [3.05, 3.63) is 42.6 Å². The van der Waals surface area contributed by atoms with Gasteiger partial charge in [-0.3, -0.25) is 0 Å². The Morgan fingerprint density at radius 3 is 2.94 bits per heavy atom. The quantitative estimate of drug-likeness (QED) is 0.730. The maximum Gasteiger partial charge on any atom is 0.208 e. The van der Waals surface area contributed by atoms with Crippen molar-refractivity contribution in [3.8, 4) is 11.3 Å². The van der Waals surface area contributed by atoms with Gasteiger partial charge in [-0.15, -0.1) is 0 Å². The number of benzene rings is 1. The third-order valence-electron chi connectivity index (χ3n) is 2.90. The van der Waals surface area contributed by atoms with Crippen molar-refractivity contribution < 1.29 is 4.42 Å². The van der Waals surface area contributed by atoms with Gasteiger partial charge in [-0.25, -0.2) is 4.98 Å².